The van der Waals surface area contributed by atoms with Crippen LogP contribution < -0.4 is 11.1 Å². The Labute approximate surface area is 181 Å². The van der Waals surface area contributed by atoms with Gasteiger partial charge in [0.05, 0.1) is 0 Å². The molecule has 1 aliphatic rings. The Balaban J connectivity index is 1.32. The summed E-state index contributed by atoms with van der Waals surface area (Å²) in [4.78, 5) is 12.5. The normalized spacial score (nSPS) is 12.4. The summed E-state index contributed by atoms with van der Waals surface area (Å²) < 4.78 is 5.52. The first-order chi connectivity index (χ1) is 14.6. The maximum absolute atomic E-state index is 12.2. The summed E-state index contributed by atoms with van der Waals surface area (Å²) in [5.41, 5.74) is 12.3. The highest BCUT2D eigenvalue weighted by Gasteiger charge is 2.28. The molecule has 0 spiro atoms. The molecule has 3 N–H and O–H groups in total. The first-order valence-corrected chi connectivity index (χ1v) is 10.2. The second kappa shape index (κ2) is 8.93. The van der Waals surface area contributed by atoms with Crippen LogP contribution in [0.4, 0.5) is 4.79 Å². The second-order valence-corrected chi connectivity index (χ2v) is 7.54. The third-order valence-corrected chi connectivity index (χ3v) is 5.43. The summed E-state index contributed by atoms with van der Waals surface area (Å²) in [5.74, 6) is 0.0570. The molecule has 3 aromatic rings. The van der Waals surface area contributed by atoms with Gasteiger partial charge in [0.2, 0.25) is 0 Å². The molecule has 0 atom stereocenters. The molecule has 30 heavy (non-hydrogen) atoms. The first kappa shape index (κ1) is 19.9. The molecule has 150 valence electrons. The fourth-order valence-corrected chi connectivity index (χ4v) is 3.91. The van der Waals surface area contributed by atoms with Gasteiger partial charge in [0, 0.05) is 18.0 Å². The van der Waals surface area contributed by atoms with Gasteiger partial charge < -0.3 is 15.8 Å². The van der Waals surface area contributed by atoms with Crippen molar-refractivity contribution in [2.45, 2.75) is 5.92 Å². The Morgan fingerprint density at radius 1 is 1.00 bits per heavy atom. The zero-order chi connectivity index (χ0) is 20.9. The topological polar surface area (TPSA) is 64.3 Å². The quantitative estimate of drug-likeness (QED) is 0.565. The van der Waals surface area contributed by atoms with E-state index in [1.54, 1.807) is 0 Å². The largest absolute Gasteiger partial charge is 0.449 e. The van der Waals surface area contributed by atoms with Crippen LogP contribution in [0.5, 0.6) is 0 Å². The Kier molecular flexibility index (Phi) is 5.91. The number of benzene rings is 3. The average molecular weight is 415 g/mol. The summed E-state index contributed by atoms with van der Waals surface area (Å²) in [5, 5.41) is 2.76. The van der Waals surface area contributed by atoms with Gasteiger partial charge >= 0.3 is 6.09 Å². The molecule has 3 aromatic carbocycles. The molecule has 0 heterocycles. The molecule has 0 saturated carbocycles. The molecule has 0 bridgehead atoms. The highest BCUT2D eigenvalue weighted by molar-refractivity contribution is 7.80. The van der Waals surface area contributed by atoms with Gasteiger partial charge in [-0.1, -0.05) is 91.1 Å². The number of ether oxygens (including phenoxy) is 1. The minimum absolute atomic E-state index is 0.0570. The summed E-state index contributed by atoms with van der Waals surface area (Å²) in [6.07, 6.45) is 3.34. The van der Waals surface area contributed by atoms with Crippen LogP contribution in [0, 0.1) is 0 Å². The highest BCUT2D eigenvalue weighted by atomic mass is 32.1. The van der Waals surface area contributed by atoms with E-state index in [2.05, 4.69) is 29.6 Å². The lowest BCUT2D eigenvalue weighted by molar-refractivity contribution is 0.144. The van der Waals surface area contributed by atoms with Crippen LogP contribution in [-0.4, -0.2) is 24.2 Å². The monoisotopic (exact) mass is 414 g/mol. The molecule has 0 fully saturated rings. The van der Waals surface area contributed by atoms with Gasteiger partial charge in [0.25, 0.3) is 0 Å². The fraction of sp³-hybridized carbons (Fsp3) is 0.120. The van der Waals surface area contributed by atoms with Crippen molar-refractivity contribution in [1.82, 2.24) is 5.32 Å². The van der Waals surface area contributed by atoms with Crippen molar-refractivity contribution in [2.75, 3.05) is 13.2 Å². The van der Waals surface area contributed by atoms with Crippen LogP contribution in [0.15, 0.2) is 78.9 Å². The van der Waals surface area contributed by atoms with Crippen LogP contribution in [0.2, 0.25) is 0 Å². The average Bonchev–Trinajstić information content (AvgIpc) is 3.09. The predicted octanol–water partition coefficient (Wildman–Crippen LogP) is 4.87. The summed E-state index contributed by atoms with van der Waals surface area (Å²) in [7, 11) is 0. The Hall–Kier alpha value is -3.44. The second-order valence-electron chi connectivity index (χ2n) is 7.10. The number of hydrogen-bond acceptors (Lipinski definition) is 3. The van der Waals surface area contributed by atoms with Crippen molar-refractivity contribution in [3.63, 3.8) is 0 Å². The Morgan fingerprint density at radius 3 is 2.33 bits per heavy atom. The maximum Gasteiger partial charge on any atom is 0.407 e. The third-order valence-electron chi connectivity index (χ3n) is 5.19. The number of amides is 1. The zero-order valence-electron chi connectivity index (χ0n) is 16.4. The number of rotatable bonds is 6. The molecule has 0 aromatic heterocycles. The molecule has 1 amide bonds. The molecule has 0 aliphatic heterocycles. The Bertz CT molecular complexity index is 1080. The number of carbonyl (C=O) groups is 1. The molecule has 4 nitrogen and oxygen atoms in total. The van der Waals surface area contributed by atoms with E-state index >= 15 is 0 Å². The van der Waals surface area contributed by atoms with E-state index in [1.165, 1.54) is 22.3 Å². The van der Waals surface area contributed by atoms with Crippen LogP contribution in [0.25, 0.3) is 17.2 Å². The number of hydrogen-bond donors (Lipinski definition) is 2. The van der Waals surface area contributed by atoms with Gasteiger partial charge in [-0.2, -0.15) is 0 Å². The van der Waals surface area contributed by atoms with Gasteiger partial charge in [-0.25, -0.2) is 4.79 Å². The van der Waals surface area contributed by atoms with E-state index in [1.807, 2.05) is 60.7 Å². The minimum atomic E-state index is -0.432. The van der Waals surface area contributed by atoms with E-state index in [0.29, 0.717) is 18.1 Å². The van der Waals surface area contributed by atoms with Crippen molar-refractivity contribution in [3.05, 3.63) is 101 Å². The smallest absolute Gasteiger partial charge is 0.407 e. The van der Waals surface area contributed by atoms with Gasteiger partial charge in [0.15, 0.2) is 0 Å². The number of nitrogens with two attached hydrogens (primary N) is 1. The van der Waals surface area contributed by atoms with E-state index in [4.69, 9.17) is 22.7 Å². The summed E-state index contributed by atoms with van der Waals surface area (Å²) >= 11 is 4.99. The van der Waals surface area contributed by atoms with E-state index in [9.17, 15) is 4.79 Å². The predicted molar refractivity (Wildman–Crippen MR) is 124 cm³/mol. The molecule has 5 heteroatoms. The molecule has 4 rings (SSSR count). The lowest BCUT2D eigenvalue weighted by Gasteiger charge is -2.14. The number of thiocarbonyl (C=S) groups is 1. The molecular weight excluding hydrogens is 392 g/mol. The standard InChI is InChI=1S/C25H22N2O2S/c26-24(30)18-9-5-7-17(15-18)8-6-14-27-25(28)29-16-23-21-12-3-1-10-19(21)20-11-2-4-13-22(20)23/h1-13,15,23H,14,16H2,(H2,26,30)(H,27,28). The summed E-state index contributed by atoms with van der Waals surface area (Å²) in [6.45, 7) is 0.674. The number of carbonyl (C=O) groups excluding carboxylic acids is 1. The first-order valence-electron chi connectivity index (χ1n) is 9.79. The van der Waals surface area contributed by atoms with E-state index in [0.717, 1.165) is 11.1 Å². The van der Waals surface area contributed by atoms with Crippen molar-refractivity contribution in [3.8, 4) is 11.1 Å². The zero-order valence-corrected chi connectivity index (χ0v) is 17.2. The van der Waals surface area contributed by atoms with Crippen LogP contribution in [0.1, 0.15) is 28.2 Å². The van der Waals surface area contributed by atoms with E-state index in [-0.39, 0.29) is 5.92 Å². The number of fused-ring (bicyclic) bond motifs is 3. The van der Waals surface area contributed by atoms with E-state index < -0.39 is 6.09 Å². The molecule has 0 unspecified atom stereocenters. The third kappa shape index (κ3) is 4.26. The highest BCUT2D eigenvalue weighted by Crippen LogP contribution is 2.44. The van der Waals surface area contributed by atoms with Gasteiger partial charge in [-0.3, -0.25) is 0 Å². The lowest BCUT2D eigenvalue weighted by atomic mass is 9.98. The minimum Gasteiger partial charge on any atom is -0.449 e. The van der Waals surface area contributed by atoms with Crippen molar-refractivity contribution in [1.29, 1.82) is 0 Å². The van der Waals surface area contributed by atoms with Crippen LogP contribution in [0.3, 0.4) is 0 Å². The van der Waals surface area contributed by atoms with Crippen LogP contribution in [-0.2, 0) is 4.74 Å². The molecular formula is C25H22N2O2S. The number of alkyl carbamates (subject to hydrolysis) is 1. The molecule has 0 saturated heterocycles. The van der Waals surface area contributed by atoms with Gasteiger partial charge in [0.1, 0.15) is 11.6 Å². The molecule has 0 radical (unpaired) electrons. The fourth-order valence-electron chi connectivity index (χ4n) is 3.78. The Morgan fingerprint density at radius 2 is 1.67 bits per heavy atom. The van der Waals surface area contributed by atoms with Crippen molar-refractivity contribution < 1.29 is 9.53 Å². The molecule has 1 aliphatic carbocycles. The maximum atomic E-state index is 12.2. The van der Waals surface area contributed by atoms with Gasteiger partial charge in [-0.15, -0.1) is 0 Å². The number of nitrogens with one attached hydrogen (secondary N) is 1. The summed E-state index contributed by atoms with van der Waals surface area (Å²) in [6, 6.07) is 24.2. The SMILES string of the molecule is NC(=S)c1cccc(C=CCNC(=O)OCC2c3ccccc3-c3ccccc32)c1. The van der Waals surface area contributed by atoms with Crippen molar-refractivity contribution in [2.24, 2.45) is 5.73 Å². The van der Waals surface area contributed by atoms with Crippen LogP contribution >= 0.6 is 12.2 Å². The lowest BCUT2D eigenvalue weighted by Crippen LogP contribution is -2.26. The van der Waals surface area contributed by atoms with Crippen molar-refractivity contribution >= 4 is 29.4 Å². The van der Waals surface area contributed by atoms with Gasteiger partial charge in [-0.05, 0) is 33.9 Å².